The monoisotopic (exact) mass is 209 g/mol. The minimum Gasteiger partial charge on any atom is -0.490 e. The quantitative estimate of drug-likeness (QED) is 0.801. The smallest absolute Gasteiger partial charge is 0.126 e. The number of para-hydroxylation sites is 1. The van der Waals surface area contributed by atoms with Crippen LogP contribution in [0.2, 0.25) is 0 Å². The SMILES string of the molecule is CC=Cc1ccccc1OCC(C)O.N. The number of rotatable bonds is 4. The van der Waals surface area contributed by atoms with Gasteiger partial charge in [-0.15, -0.1) is 0 Å². The second-order valence-electron chi connectivity index (χ2n) is 3.20. The first kappa shape index (κ1) is 13.7. The average molecular weight is 209 g/mol. The molecule has 1 aromatic carbocycles. The van der Waals surface area contributed by atoms with Crippen molar-refractivity contribution in [2.75, 3.05) is 6.61 Å². The third-order valence-electron chi connectivity index (χ3n) is 1.75. The van der Waals surface area contributed by atoms with Gasteiger partial charge in [-0.05, 0) is 19.9 Å². The van der Waals surface area contributed by atoms with Crippen LogP contribution < -0.4 is 10.9 Å². The van der Waals surface area contributed by atoms with Gasteiger partial charge in [-0.1, -0.05) is 30.4 Å². The van der Waals surface area contributed by atoms with Gasteiger partial charge in [0, 0.05) is 5.56 Å². The largest absolute Gasteiger partial charge is 0.490 e. The van der Waals surface area contributed by atoms with Crippen LogP contribution in [0.15, 0.2) is 30.3 Å². The van der Waals surface area contributed by atoms with Gasteiger partial charge in [0.15, 0.2) is 0 Å². The number of hydrogen-bond acceptors (Lipinski definition) is 3. The first-order valence-corrected chi connectivity index (χ1v) is 4.76. The van der Waals surface area contributed by atoms with Gasteiger partial charge in [0.1, 0.15) is 12.4 Å². The van der Waals surface area contributed by atoms with Crippen LogP contribution in [-0.4, -0.2) is 17.8 Å². The topological polar surface area (TPSA) is 64.5 Å². The van der Waals surface area contributed by atoms with Crippen LogP contribution in [0.3, 0.4) is 0 Å². The average Bonchev–Trinajstić information content (AvgIpc) is 2.17. The first-order valence-electron chi connectivity index (χ1n) is 4.76. The fourth-order valence-electron chi connectivity index (χ4n) is 1.14. The molecule has 0 aromatic heterocycles. The second kappa shape index (κ2) is 7.04. The highest BCUT2D eigenvalue weighted by molar-refractivity contribution is 5.56. The normalized spacial score (nSPS) is 12.2. The molecule has 1 atom stereocenters. The summed E-state index contributed by atoms with van der Waals surface area (Å²) in [7, 11) is 0. The minimum absolute atomic E-state index is 0. The summed E-state index contributed by atoms with van der Waals surface area (Å²) in [6.07, 6.45) is 3.51. The lowest BCUT2D eigenvalue weighted by molar-refractivity contribution is 0.122. The summed E-state index contributed by atoms with van der Waals surface area (Å²) in [4.78, 5) is 0. The van der Waals surface area contributed by atoms with Crippen LogP contribution in [-0.2, 0) is 0 Å². The number of aliphatic hydroxyl groups is 1. The van der Waals surface area contributed by atoms with Crippen molar-refractivity contribution in [3.63, 3.8) is 0 Å². The fraction of sp³-hybridized carbons (Fsp3) is 0.333. The predicted molar refractivity (Wildman–Crippen MR) is 63.3 cm³/mol. The molecule has 0 saturated carbocycles. The van der Waals surface area contributed by atoms with E-state index < -0.39 is 6.10 Å². The Bertz CT molecular complexity index is 308. The van der Waals surface area contributed by atoms with Crippen molar-refractivity contribution < 1.29 is 9.84 Å². The third kappa shape index (κ3) is 4.63. The molecule has 84 valence electrons. The van der Waals surface area contributed by atoms with Gasteiger partial charge in [-0.25, -0.2) is 0 Å². The van der Waals surface area contributed by atoms with E-state index in [2.05, 4.69) is 0 Å². The minimum atomic E-state index is -0.436. The Hall–Kier alpha value is -1.32. The Morgan fingerprint density at radius 3 is 2.67 bits per heavy atom. The highest BCUT2D eigenvalue weighted by atomic mass is 16.5. The summed E-state index contributed by atoms with van der Waals surface area (Å²) in [5, 5.41) is 9.09. The van der Waals surface area contributed by atoms with Crippen LogP contribution in [0.4, 0.5) is 0 Å². The van der Waals surface area contributed by atoms with Crippen LogP contribution in [0.1, 0.15) is 19.4 Å². The van der Waals surface area contributed by atoms with Gasteiger partial charge in [0.25, 0.3) is 0 Å². The van der Waals surface area contributed by atoms with Crippen LogP contribution >= 0.6 is 0 Å². The summed E-state index contributed by atoms with van der Waals surface area (Å²) in [6.45, 7) is 4.00. The lowest BCUT2D eigenvalue weighted by Gasteiger charge is -2.10. The van der Waals surface area contributed by atoms with Crippen molar-refractivity contribution in [1.29, 1.82) is 0 Å². The number of allylic oxidation sites excluding steroid dienone is 1. The molecule has 0 saturated heterocycles. The van der Waals surface area contributed by atoms with Crippen LogP contribution in [0.5, 0.6) is 5.75 Å². The van der Waals surface area contributed by atoms with Crippen molar-refractivity contribution in [2.24, 2.45) is 0 Å². The molecule has 1 rings (SSSR count). The summed E-state index contributed by atoms with van der Waals surface area (Å²) in [5.41, 5.74) is 1.04. The van der Waals surface area contributed by atoms with Gasteiger partial charge >= 0.3 is 0 Å². The van der Waals surface area contributed by atoms with Gasteiger partial charge in [-0.2, -0.15) is 0 Å². The molecular formula is C12H19NO2. The molecule has 0 bridgehead atoms. The molecule has 15 heavy (non-hydrogen) atoms. The van der Waals surface area contributed by atoms with Crippen molar-refractivity contribution in [3.05, 3.63) is 35.9 Å². The highest BCUT2D eigenvalue weighted by Gasteiger charge is 2.01. The van der Waals surface area contributed by atoms with Gasteiger partial charge in [0.05, 0.1) is 6.10 Å². The van der Waals surface area contributed by atoms with E-state index in [1.807, 2.05) is 43.3 Å². The summed E-state index contributed by atoms with van der Waals surface area (Å²) < 4.78 is 5.45. The molecule has 0 aliphatic heterocycles. The maximum absolute atomic E-state index is 9.09. The molecule has 0 fully saturated rings. The Labute approximate surface area is 91.0 Å². The van der Waals surface area contributed by atoms with E-state index in [1.54, 1.807) is 6.92 Å². The fourth-order valence-corrected chi connectivity index (χ4v) is 1.14. The van der Waals surface area contributed by atoms with Crippen molar-refractivity contribution in [2.45, 2.75) is 20.0 Å². The first-order chi connectivity index (χ1) is 6.74. The van der Waals surface area contributed by atoms with Crippen molar-refractivity contribution >= 4 is 6.08 Å². The molecule has 0 amide bonds. The third-order valence-corrected chi connectivity index (χ3v) is 1.75. The molecule has 0 aliphatic rings. The van der Waals surface area contributed by atoms with Gasteiger partial charge in [0.2, 0.25) is 0 Å². The number of hydrogen-bond donors (Lipinski definition) is 2. The zero-order valence-corrected chi connectivity index (χ0v) is 9.31. The Morgan fingerprint density at radius 1 is 1.40 bits per heavy atom. The van der Waals surface area contributed by atoms with E-state index in [9.17, 15) is 0 Å². The summed E-state index contributed by atoms with van der Waals surface area (Å²) >= 11 is 0. The zero-order chi connectivity index (χ0) is 10.4. The molecule has 1 aromatic rings. The molecule has 1 unspecified atom stereocenters. The molecule has 0 heterocycles. The van der Waals surface area contributed by atoms with E-state index in [1.165, 1.54) is 0 Å². The second-order valence-corrected chi connectivity index (χ2v) is 3.20. The van der Waals surface area contributed by atoms with E-state index in [4.69, 9.17) is 9.84 Å². The maximum Gasteiger partial charge on any atom is 0.126 e. The maximum atomic E-state index is 9.09. The standard InChI is InChI=1S/C12H16O2.H3N/c1-3-6-11-7-4-5-8-12(11)14-9-10(2)13;/h3-8,10,13H,9H2,1-2H3;1H3. The van der Waals surface area contributed by atoms with E-state index in [0.29, 0.717) is 6.61 Å². The predicted octanol–water partition coefficient (Wildman–Crippen LogP) is 2.64. The van der Waals surface area contributed by atoms with Crippen molar-refractivity contribution in [3.8, 4) is 5.75 Å². The lowest BCUT2D eigenvalue weighted by atomic mass is 10.2. The lowest BCUT2D eigenvalue weighted by Crippen LogP contribution is -2.13. The van der Waals surface area contributed by atoms with Crippen LogP contribution in [0.25, 0.3) is 6.08 Å². The summed E-state index contributed by atoms with van der Waals surface area (Å²) in [6, 6.07) is 7.77. The number of benzene rings is 1. The number of ether oxygens (including phenoxy) is 1. The highest BCUT2D eigenvalue weighted by Crippen LogP contribution is 2.19. The number of aliphatic hydroxyl groups excluding tert-OH is 1. The molecule has 0 radical (unpaired) electrons. The zero-order valence-electron chi connectivity index (χ0n) is 9.31. The van der Waals surface area contributed by atoms with Gasteiger partial charge in [-0.3, -0.25) is 0 Å². The van der Waals surface area contributed by atoms with Gasteiger partial charge < -0.3 is 16.0 Å². The molecule has 0 aliphatic carbocycles. The van der Waals surface area contributed by atoms with E-state index in [0.717, 1.165) is 11.3 Å². The van der Waals surface area contributed by atoms with Crippen molar-refractivity contribution in [1.82, 2.24) is 6.15 Å². The summed E-state index contributed by atoms with van der Waals surface area (Å²) in [5.74, 6) is 0.812. The van der Waals surface area contributed by atoms with Crippen LogP contribution in [0, 0.1) is 0 Å². The molecular weight excluding hydrogens is 190 g/mol. The molecule has 3 nitrogen and oxygen atoms in total. The Morgan fingerprint density at radius 2 is 2.07 bits per heavy atom. The molecule has 3 heteroatoms. The molecule has 0 spiro atoms. The van der Waals surface area contributed by atoms with E-state index in [-0.39, 0.29) is 6.15 Å². The van der Waals surface area contributed by atoms with E-state index >= 15 is 0 Å². The Balaban J connectivity index is 0.00000196. The molecule has 4 N–H and O–H groups in total. The Kier molecular flexibility index (Phi) is 6.42.